The molecule has 9 heteroatoms. The first-order chi connectivity index (χ1) is 16.4. The molecular formula is C25H36N3O6+. The number of ether oxygens (including phenoxy) is 2. The van der Waals surface area contributed by atoms with Gasteiger partial charge in [0.25, 0.3) is 6.47 Å². The fourth-order valence-corrected chi connectivity index (χ4v) is 3.84. The van der Waals surface area contributed by atoms with Crippen molar-refractivity contribution in [2.24, 2.45) is 5.92 Å². The number of hydrogen-bond acceptors (Lipinski definition) is 6. The lowest BCUT2D eigenvalue weighted by Crippen LogP contribution is -2.50. The molecular weight excluding hydrogens is 438 g/mol. The van der Waals surface area contributed by atoms with Gasteiger partial charge in [-0.15, -0.1) is 0 Å². The Kier molecular flexibility index (Phi) is 11.8. The Hall–Kier alpha value is -3.20. The van der Waals surface area contributed by atoms with Crippen molar-refractivity contribution < 1.29 is 34.4 Å². The van der Waals surface area contributed by atoms with Gasteiger partial charge in [0.1, 0.15) is 19.0 Å². The highest BCUT2D eigenvalue weighted by molar-refractivity contribution is 5.92. The van der Waals surface area contributed by atoms with Crippen LogP contribution in [0.1, 0.15) is 44.6 Å². The Labute approximate surface area is 200 Å². The van der Waals surface area contributed by atoms with Crippen LogP contribution in [0, 0.1) is 5.92 Å². The maximum atomic E-state index is 13.2. The van der Waals surface area contributed by atoms with Crippen molar-refractivity contribution in [2.75, 3.05) is 19.8 Å². The lowest BCUT2D eigenvalue weighted by Gasteiger charge is -2.23. The summed E-state index contributed by atoms with van der Waals surface area (Å²) in [4.78, 5) is 48.9. The van der Waals surface area contributed by atoms with E-state index in [0.717, 1.165) is 24.9 Å². The molecule has 1 aromatic rings. The number of ketones is 1. The third kappa shape index (κ3) is 9.74. The Balaban J connectivity index is 2.30. The van der Waals surface area contributed by atoms with Crippen molar-refractivity contribution in [3.8, 4) is 5.75 Å². The van der Waals surface area contributed by atoms with Crippen LogP contribution in [0.2, 0.25) is 0 Å². The lowest BCUT2D eigenvalue weighted by molar-refractivity contribution is -0.368. The number of rotatable bonds is 8. The molecule has 34 heavy (non-hydrogen) atoms. The summed E-state index contributed by atoms with van der Waals surface area (Å²) in [5.41, 5.74) is 4.72. The first-order valence-corrected chi connectivity index (χ1v) is 11.7. The van der Waals surface area contributed by atoms with Crippen molar-refractivity contribution in [1.82, 2.24) is 10.6 Å². The summed E-state index contributed by atoms with van der Waals surface area (Å²) in [5, 5.41) is 5.66. The van der Waals surface area contributed by atoms with Gasteiger partial charge in [0.2, 0.25) is 11.8 Å². The predicted molar refractivity (Wildman–Crippen MR) is 126 cm³/mol. The first kappa shape index (κ1) is 27.0. The van der Waals surface area contributed by atoms with Gasteiger partial charge in [-0.2, -0.15) is 0 Å². The van der Waals surface area contributed by atoms with Crippen LogP contribution in [0.4, 0.5) is 0 Å². The molecule has 2 bridgehead atoms. The van der Waals surface area contributed by atoms with Crippen molar-refractivity contribution >= 4 is 24.1 Å². The number of carbonyl (C=O) groups is 4. The number of benzene rings is 1. The molecule has 5 N–H and O–H groups in total. The molecule has 1 aromatic carbocycles. The summed E-state index contributed by atoms with van der Waals surface area (Å²) in [6, 6.07) is 6.21. The predicted octanol–water partition coefficient (Wildman–Crippen LogP) is 0.718. The number of unbranched alkanes of at least 4 members (excludes halogenated alkanes) is 1. The van der Waals surface area contributed by atoms with E-state index in [0.29, 0.717) is 38.1 Å². The molecule has 3 rings (SSSR count). The van der Waals surface area contributed by atoms with Crippen LogP contribution < -0.4 is 21.1 Å². The van der Waals surface area contributed by atoms with Gasteiger partial charge in [-0.3, -0.25) is 19.2 Å². The van der Waals surface area contributed by atoms with Gasteiger partial charge in [-0.1, -0.05) is 24.3 Å². The molecule has 2 aliphatic rings. The summed E-state index contributed by atoms with van der Waals surface area (Å²) in [6.07, 6.45) is 6.60. The van der Waals surface area contributed by atoms with E-state index in [9.17, 15) is 19.2 Å². The Bertz CT molecular complexity index is 840. The number of amides is 2. The molecule has 0 saturated carbocycles. The third-order valence-electron chi connectivity index (χ3n) is 5.65. The SMILES string of the molecule is CC(=O)N[C@H]1Cc2ccc(cc2)OC/C=C\C[C@@H](COC=O)NC(=O)[C@@H](CCCC[NH3+])CC1=O. The zero-order chi connectivity index (χ0) is 24.8. The van der Waals surface area contributed by atoms with E-state index in [4.69, 9.17) is 9.47 Å². The second-order valence-corrected chi connectivity index (χ2v) is 8.47. The van der Waals surface area contributed by atoms with Gasteiger partial charge in [0.05, 0.1) is 18.6 Å². The van der Waals surface area contributed by atoms with Crippen LogP contribution in [-0.4, -0.2) is 55.9 Å². The van der Waals surface area contributed by atoms with Gasteiger partial charge in [0, 0.05) is 19.3 Å². The van der Waals surface area contributed by atoms with E-state index in [1.807, 2.05) is 36.4 Å². The highest BCUT2D eigenvalue weighted by Gasteiger charge is 2.28. The zero-order valence-electron chi connectivity index (χ0n) is 19.8. The second-order valence-electron chi connectivity index (χ2n) is 8.47. The molecule has 0 fully saturated rings. The van der Waals surface area contributed by atoms with Gasteiger partial charge >= 0.3 is 0 Å². The van der Waals surface area contributed by atoms with E-state index in [2.05, 4.69) is 16.4 Å². The van der Waals surface area contributed by atoms with Crippen LogP contribution in [0.5, 0.6) is 5.75 Å². The minimum Gasteiger partial charge on any atom is -0.490 e. The molecule has 0 unspecified atom stereocenters. The molecule has 2 aliphatic heterocycles. The smallest absolute Gasteiger partial charge is 0.293 e. The van der Waals surface area contributed by atoms with Crippen molar-refractivity contribution in [3.63, 3.8) is 0 Å². The van der Waals surface area contributed by atoms with Crippen LogP contribution >= 0.6 is 0 Å². The second kappa shape index (κ2) is 14.8. The van der Waals surface area contributed by atoms with E-state index in [1.165, 1.54) is 6.92 Å². The number of hydrogen-bond donors (Lipinski definition) is 3. The minimum absolute atomic E-state index is 0.00617. The molecule has 186 valence electrons. The maximum Gasteiger partial charge on any atom is 0.293 e. The maximum absolute atomic E-state index is 13.2. The normalized spacial score (nSPS) is 22.7. The van der Waals surface area contributed by atoms with Crippen LogP contribution in [0.15, 0.2) is 36.4 Å². The van der Waals surface area contributed by atoms with Crippen molar-refractivity contribution in [3.05, 3.63) is 42.0 Å². The third-order valence-corrected chi connectivity index (χ3v) is 5.65. The molecule has 2 heterocycles. The van der Waals surface area contributed by atoms with E-state index < -0.39 is 18.0 Å². The topological polar surface area (TPSA) is 138 Å². The monoisotopic (exact) mass is 474 g/mol. The number of quaternary nitrogens is 1. The average Bonchev–Trinajstić information content (AvgIpc) is 2.81. The molecule has 9 nitrogen and oxygen atoms in total. The highest BCUT2D eigenvalue weighted by atomic mass is 16.5. The van der Waals surface area contributed by atoms with Crippen LogP contribution in [-0.2, 0) is 30.3 Å². The quantitative estimate of drug-likeness (QED) is 0.288. The number of carbonyl (C=O) groups excluding carboxylic acids is 4. The minimum atomic E-state index is -0.737. The van der Waals surface area contributed by atoms with Gasteiger partial charge < -0.3 is 25.8 Å². The fourth-order valence-electron chi connectivity index (χ4n) is 3.84. The Morgan fingerprint density at radius 3 is 2.65 bits per heavy atom. The number of fused-ring (bicyclic) bond motifs is 13. The van der Waals surface area contributed by atoms with Crippen molar-refractivity contribution in [1.29, 1.82) is 0 Å². The standard InChI is InChI=1S/C25H35N3O6/c1-18(30)27-23-14-19-8-10-22(11-9-19)34-13-5-3-7-21(16-33-17-29)28-25(32)20(15-24(23)31)6-2-4-12-26/h3,5,8-11,17,20-21,23H,2,4,6-7,12-16,26H2,1H3,(H,27,30)(H,28,32)/p+1/b5-3-/t20-,21-,23-/m0/s1. The molecule has 3 atom stereocenters. The Morgan fingerprint density at radius 2 is 1.97 bits per heavy atom. The highest BCUT2D eigenvalue weighted by Crippen LogP contribution is 2.19. The van der Waals surface area contributed by atoms with E-state index in [1.54, 1.807) is 0 Å². The van der Waals surface area contributed by atoms with Gasteiger partial charge in [0.15, 0.2) is 5.78 Å². The van der Waals surface area contributed by atoms with Gasteiger partial charge in [-0.05, 0) is 49.8 Å². The average molecular weight is 475 g/mol. The summed E-state index contributed by atoms with van der Waals surface area (Å²) in [5.74, 6) is -0.648. The van der Waals surface area contributed by atoms with E-state index >= 15 is 0 Å². The summed E-state index contributed by atoms with van der Waals surface area (Å²) in [6.45, 7) is 2.83. The van der Waals surface area contributed by atoms with Gasteiger partial charge in [-0.25, -0.2) is 0 Å². The van der Waals surface area contributed by atoms with Crippen LogP contribution in [0.3, 0.4) is 0 Å². The Morgan fingerprint density at radius 1 is 1.21 bits per heavy atom. The summed E-state index contributed by atoms with van der Waals surface area (Å²) in [7, 11) is 0. The first-order valence-electron chi connectivity index (χ1n) is 11.7. The molecule has 0 aliphatic carbocycles. The largest absolute Gasteiger partial charge is 0.490 e. The number of Topliss-reactive ketones (excluding diaryl/α,β-unsaturated/α-hetero) is 1. The fraction of sp³-hybridized carbons (Fsp3) is 0.520. The zero-order valence-corrected chi connectivity index (χ0v) is 19.8. The summed E-state index contributed by atoms with van der Waals surface area (Å²) >= 11 is 0. The lowest BCUT2D eigenvalue weighted by atomic mass is 9.90. The molecule has 2 amide bonds. The molecule has 0 radical (unpaired) electrons. The molecule has 0 aromatic heterocycles. The molecule has 0 saturated heterocycles. The van der Waals surface area contributed by atoms with Crippen LogP contribution in [0.25, 0.3) is 0 Å². The molecule has 0 spiro atoms. The summed E-state index contributed by atoms with van der Waals surface area (Å²) < 4.78 is 10.6. The van der Waals surface area contributed by atoms with Crippen molar-refractivity contribution in [2.45, 2.75) is 57.5 Å². The van der Waals surface area contributed by atoms with E-state index in [-0.39, 0.29) is 30.6 Å². The number of nitrogens with one attached hydrogen (secondary N) is 2.